The fourth-order valence-electron chi connectivity index (χ4n) is 7.41. The molecule has 3 aromatic heterocycles. The first-order valence-electron chi connectivity index (χ1n) is 15.8. The van der Waals surface area contributed by atoms with E-state index >= 15 is 0 Å². The van der Waals surface area contributed by atoms with Gasteiger partial charge in [0.25, 0.3) is 0 Å². The van der Waals surface area contributed by atoms with Gasteiger partial charge < -0.3 is 19.0 Å². The molecule has 0 aliphatic carbocycles. The van der Waals surface area contributed by atoms with E-state index in [4.69, 9.17) is 9.83 Å². The summed E-state index contributed by atoms with van der Waals surface area (Å²) in [7, 11) is 0. The Morgan fingerprint density at radius 3 is 1.98 bits per heavy atom. The maximum atomic E-state index is 10.3. The van der Waals surface area contributed by atoms with Crippen LogP contribution in [0.1, 0.15) is 37.5 Å². The van der Waals surface area contributed by atoms with E-state index in [1.807, 2.05) is 30.3 Å². The van der Waals surface area contributed by atoms with Crippen LogP contribution in [-0.2, 0) is 5.41 Å². The van der Waals surface area contributed by atoms with E-state index in [-0.39, 0.29) is 5.41 Å². The van der Waals surface area contributed by atoms with Crippen molar-refractivity contribution in [3.63, 3.8) is 0 Å². The first-order chi connectivity index (χ1) is 22.9. The number of furan rings is 1. The van der Waals surface area contributed by atoms with E-state index in [0.29, 0.717) is 11.1 Å². The quantitative estimate of drug-likeness (QED) is 0.203. The molecule has 0 saturated heterocycles. The van der Waals surface area contributed by atoms with Gasteiger partial charge in [-0.15, -0.1) is 0 Å². The molecule has 0 amide bonds. The molecule has 5 heteroatoms. The monoisotopic (exact) mass is 606 g/mol. The molecule has 5 nitrogen and oxygen atoms in total. The van der Waals surface area contributed by atoms with Crippen molar-refractivity contribution in [2.45, 2.75) is 26.2 Å². The minimum Gasteiger partial charge on any atom is -0.455 e. The van der Waals surface area contributed by atoms with Crippen LogP contribution in [0.25, 0.3) is 76.9 Å². The lowest BCUT2D eigenvalue weighted by Crippen LogP contribution is -2.11. The predicted molar refractivity (Wildman–Crippen MR) is 194 cm³/mol. The molecule has 6 aromatic carbocycles. The lowest BCUT2D eigenvalue weighted by Gasteiger charge is -2.21. The molecule has 0 radical (unpaired) electrons. The Hall–Kier alpha value is -6.12. The summed E-state index contributed by atoms with van der Waals surface area (Å²) in [4.78, 5) is 0. The Bertz CT molecular complexity index is 2760. The molecule has 1 N–H and O–H groups in total. The van der Waals surface area contributed by atoms with Crippen LogP contribution in [0.4, 0.5) is 0 Å². The van der Waals surface area contributed by atoms with Gasteiger partial charge in [0.2, 0.25) is 0 Å². The van der Waals surface area contributed by atoms with E-state index in [0.717, 1.165) is 76.9 Å². The van der Waals surface area contributed by atoms with E-state index < -0.39 is 0 Å². The van der Waals surface area contributed by atoms with Crippen molar-refractivity contribution in [2.24, 2.45) is 0 Å². The average molecular weight is 607 g/mol. The van der Waals surface area contributed by atoms with E-state index in [1.165, 1.54) is 11.8 Å². The zero-order valence-electron chi connectivity index (χ0n) is 26.3. The summed E-state index contributed by atoms with van der Waals surface area (Å²) < 4.78 is 11.2. The number of nitrogens with one attached hydrogen (secondary N) is 1. The third kappa shape index (κ3) is 3.79. The minimum absolute atomic E-state index is 0.0629. The van der Waals surface area contributed by atoms with Crippen LogP contribution in [0.15, 0.2) is 120 Å². The molecule has 0 unspecified atom stereocenters. The van der Waals surface area contributed by atoms with Crippen LogP contribution in [0.3, 0.4) is 0 Å². The summed E-state index contributed by atoms with van der Waals surface area (Å²) in [6.07, 6.45) is 1.37. The highest BCUT2D eigenvalue weighted by Gasteiger charge is 2.25. The van der Waals surface area contributed by atoms with Crippen molar-refractivity contribution in [3.8, 4) is 17.4 Å². The maximum Gasteiger partial charge on any atom is 0.145 e. The SMILES string of the molecule is CC(C)(C)c1ccc2c(c1)c1c3oc4ccccc4c3ccc1n2-c1cc(C#N)cc(C=N)c1-n1c2ccccc2c2ccccc21. The van der Waals surface area contributed by atoms with Crippen LogP contribution in [-0.4, -0.2) is 15.3 Å². The lowest BCUT2D eigenvalue weighted by atomic mass is 9.86. The molecule has 9 aromatic rings. The molecule has 0 spiro atoms. The second-order valence-corrected chi connectivity index (χ2v) is 13.3. The van der Waals surface area contributed by atoms with Crippen molar-refractivity contribution in [1.29, 1.82) is 10.7 Å². The van der Waals surface area contributed by atoms with E-state index in [2.05, 4.69) is 121 Å². The summed E-state index contributed by atoms with van der Waals surface area (Å²) in [5.41, 5.74) is 9.76. The number of para-hydroxylation sites is 3. The van der Waals surface area contributed by atoms with Crippen LogP contribution in [0, 0.1) is 16.7 Å². The highest BCUT2D eigenvalue weighted by Crippen LogP contribution is 2.44. The van der Waals surface area contributed by atoms with Gasteiger partial charge in [0.1, 0.15) is 11.2 Å². The number of rotatable bonds is 3. The molecular weight excluding hydrogens is 576 g/mol. The van der Waals surface area contributed by atoms with Crippen molar-refractivity contribution in [1.82, 2.24) is 9.13 Å². The Balaban J connectivity index is 1.51. The zero-order chi connectivity index (χ0) is 32.0. The molecule has 0 aliphatic rings. The summed E-state index contributed by atoms with van der Waals surface area (Å²) in [6.45, 7) is 6.70. The molecular formula is C42H30N4O. The lowest BCUT2D eigenvalue weighted by molar-refractivity contribution is 0.591. The van der Waals surface area contributed by atoms with E-state index in [9.17, 15) is 5.26 Å². The Labute approximate surface area is 271 Å². The topological polar surface area (TPSA) is 70.6 Å². The van der Waals surface area contributed by atoms with Crippen LogP contribution in [0.2, 0.25) is 0 Å². The Morgan fingerprint density at radius 2 is 1.30 bits per heavy atom. The first-order valence-corrected chi connectivity index (χ1v) is 15.8. The fraction of sp³-hybridized carbons (Fsp3) is 0.0952. The van der Waals surface area contributed by atoms with Crippen LogP contribution in [0.5, 0.6) is 0 Å². The minimum atomic E-state index is -0.0629. The van der Waals surface area contributed by atoms with Crippen molar-refractivity contribution in [2.75, 3.05) is 0 Å². The van der Waals surface area contributed by atoms with Gasteiger partial charge >= 0.3 is 0 Å². The number of fused-ring (bicyclic) bond motifs is 10. The molecule has 47 heavy (non-hydrogen) atoms. The smallest absolute Gasteiger partial charge is 0.145 e. The standard InChI is InChI=1S/C42H30N4O/c1-42(2,3)27-16-18-35-32(22-27)39-36(19-17-31-30-12-6-9-15-38(30)47-41(31)39)45(35)37-21-25(23-43)20-26(24-44)40(37)46-33-13-7-4-10-28(33)29-11-5-8-14-34(29)46/h4-22,24,44H,1-3H3. The van der Waals surface area contributed by atoms with Gasteiger partial charge in [0.05, 0.1) is 50.5 Å². The summed E-state index contributed by atoms with van der Waals surface area (Å²) >= 11 is 0. The highest BCUT2D eigenvalue weighted by molar-refractivity contribution is 6.24. The molecule has 0 atom stereocenters. The number of hydrogen-bond acceptors (Lipinski definition) is 3. The number of benzene rings is 6. The molecule has 0 bridgehead atoms. The van der Waals surface area contributed by atoms with Crippen LogP contribution < -0.4 is 0 Å². The van der Waals surface area contributed by atoms with Crippen LogP contribution >= 0.6 is 0 Å². The number of nitrogens with zero attached hydrogens (tertiary/aromatic N) is 3. The van der Waals surface area contributed by atoms with Crippen molar-refractivity contribution >= 4 is 71.8 Å². The van der Waals surface area contributed by atoms with Gasteiger partial charge in [-0.1, -0.05) is 81.4 Å². The van der Waals surface area contributed by atoms with Gasteiger partial charge in [-0.2, -0.15) is 5.26 Å². The van der Waals surface area contributed by atoms with Crippen molar-refractivity contribution in [3.05, 3.63) is 132 Å². The summed E-state index contributed by atoms with van der Waals surface area (Å²) in [5, 5.41) is 25.4. The van der Waals surface area contributed by atoms with Gasteiger partial charge in [-0.25, -0.2) is 0 Å². The molecule has 224 valence electrons. The second kappa shape index (κ2) is 9.69. The molecule has 0 fully saturated rings. The molecule has 3 heterocycles. The normalized spacial score (nSPS) is 12.2. The number of aromatic nitrogens is 2. The average Bonchev–Trinajstić information content (AvgIpc) is 3.74. The Morgan fingerprint density at radius 1 is 0.660 bits per heavy atom. The van der Waals surface area contributed by atoms with Crippen molar-refractivity contribution < 1.29 is 4.42 Å². The zero-order valence-corrected chi connectivity index (χ0v) is 26.3. The molecule has 0 aliphatic heterocycles. The fourth-order valence-corrected chi connectivity index (χ4v) is 7.41. The summed E-state index contributed by atoms with van der Waals surface area (Å²) in [5.74, 6) is 0. The van der Waals surface area contributed by atoms with E-state index in [1.54, 1.807) is 0 Å². The van der Waals surface area contributed by atoms with Gasteiger partial charge in [0, 0.05) is 38.7 Å². The maximum absolute atomic E-state index is 10.3. The van der Waals surface area contributed by atoms with Gasteiger partial charge in [0.15, 0.2) is 0 Å². The predicted octanol–water partition coefficient (Wildman–Crippen LogP) is 10.9. The number of hydrogen-bond donors (Lipinski definition) is 1. The number of nitriles is 1. The third-order valence-corrected chi connectivity index (χ3v) is 9.59. The molecule has 0 saturated carbocycles. The third-order valence-electron chi connectivity index (χ3n) is 9.59. The second-order valence-electron chi connectivity index (χ2n) is 13.3. The molecule has 9 rings (SSSR count). The largest absolute Gasteiger partial charge is 0.455 e. The Kier molecular flexibility index (Phi) is 5.61. The van der Waals surface area contributed by atoms with Gasteiger partial charge in [-0.05, 0) is 65.6 Å². The summed E-state index contributed by atoms with van der Waals surface area (Å²) in [6, 6.07) is 42.2. The highest BCUT2D eigenvalue weighted by atomic mass is 16.3. The first kappa shape index (κ1) is 27.2. The van der Waals surface area contributed by atoms with Gasteiger partial charge in [-0.3, -0.25) is 0 Å².